The van der Waals surface area contributed by atoms with E-state index in [2.05, 4.69) is 9.97 Å². The Balaban J connectivity index is 2.34. The topological polar surface area (TPSA) is 71.8 Å². The number of aromatic nitrogens is 2. The molecule has 0 unspecified atom stereocenters. The van der Waals surface area contributed by atoms with Gasteiger partial charge in [-0.3, -0.25) is 4.79 Å². The van der Waals surface area contributed by atoms with Gasteiger partial charge in [-0.25, -0.2) is 4.98 Å². The second-order valence-electron chi connectivity index (χ2n) is 4.60. The summed E-state index contributed by atoms with van der Waals surface area (Å²) in [6.07, 6.45) is 2.26. The first-order valence-corrected chi connectivity index (χ1v) is 5.44. The minimum absolute atomic E-state index is 0.0852. The van der Waals surface area contributed by atoms with E-state index in [1.54, 1.807) is 0 Å². The highest BCUT2D eigenvalue weighted by Crippen LogP contribution is 2.37. The van der Waals surface area contributed by atoms with Crippen LogP contribution in [0.2, 0.25) is 0 Å². The standard InChI is InChI=1S/C11H17N3O/c1-6(2)10(12)8-5-9(15)14-11(13-8)7-3-4-7/h5-7,10H,3-4,12H2,1-2H3,(H,13,14,15)/t10-/m0/s1. The molecule has 3 N–H and O–H groups in total. The van der Waals surface area contributed by atoms with Crippen molar-refractivity contribution in [3.8, 4) is 0 Å². The summed E-state index contributed by atoms with van der Waals surface area (Å²) in [5.74, 6) is 1.57. The molecule has 0 aliphatic heterocycles. The molecule has 0 saturated heterocycles. The zero-order valence-electron chi connectivity index (χ0n) is 9.16. The lowest BCUT2D eigenvalue weighted by Gasteiger charge is -2.15. The summed E-state index contributed by atoms with van der Waals surface area (Å²) in [6, 6.07) is 1.36. The van der Waals surface area contributed by atoms with Gasteiger partial charge in [0, 0.05) is 18.0 Å². The Hall–Kier alpha value is -1.16. The van der Waals surface area contributed by atoms with Gasteiger partial charge in [-0.05, 0) is 18.8 Å². The van der Waals surface area contributed by atoms with Crippen molar-refractivity contribution in [3.63, 3.8) is 0 Å². The predicted octanol–water partition coefficient (Wildman–Crippen LogP) is 1.30. The molecular formula is C11H17N3O. The fourth-order valence-electron chi connectivity index (χ4n) is 1.56. The van der Waals surface area contributed by atoms with Crippen LogP contribution in [0.4, 0.5) is 0 Å². The highest BCUT2D eigenvalue weighted by Gasteiger charge is 2.27. The highest BCUT2D eigenvalue weighted by molar-refractivity contribution is 5.13. The lowest BCUT2D eigenvalue weighted by molar-refractivity contribution is 0.499. The van der Waals surface area contributed by atoms with Gasteiger partial charge in [-0.2, -0.15) is 0 Å². The molecule has 0 bridgehead atoms. The maximum absolute atomic E-state index is 11.4. The molecule has 1 fully saturated rings. The molecule has 1 atom stereocenters. The summed E-state index contributed by atoms with van der Waals surface area (Å²) in [7, 11) is 0. The molecule has 4 nitrogen and oxygen atoms in total. The Morgan fingerprint density at radius 3 is 2.73 bits per heavy atom. The van der Waals surface area contributed by atoms with Crippen LogP contribution >= 0.6 is 0 Å². The molecule has 1 saturated carbocycles. The lowest BCUT2D eigenvalue weighted by Crippen LogP contribution is -2.22. The SMILES string of the molecule is CC(C)[C@H](N)c1cc(=O)[nH]c(C2CC2)n1. The van der Waals surface area contributed by atoms with Crippen molar-refractivity contribution in [2.75, 3.05) is 0 Å². The first kappa shape index (κ1) is 10.4. The molecule has 1 heterocycles. The maximum Gasteiger partial charge on any atom is 0.251 e. The van der Waals surface area contributed by atoms with Crippen molar-refractivity contribution in [2.24, 2.45) is 11.7 Å². The van der Waals surface area contributed by atoms with Crippen LogP contribution in [0.15, 0.2) is 10.9 Å². The van der Waals surface area contributed by atoms with Gasteiger partial charge in [-0.1, -0.05) is 13.8 Å². The fraction of sp³-hybridized carbons (Fsp3) is 0.636. The Kier molecular flexibility index (Phi) is 2.61. The quantitative estimate of drug-likeness (QED) is 0.784. The van der Waals surface area contributed by atoms with Crippen molar-refractivity contribution in [1.82, 2.24) is 9.97 Å². The molecule has 15 heavy (non-hydrogen) atoms. The minimum Gasteiger partial charge on any atom is -0.322 e. The summed E-state index contributed by atoms with van der Waals surface area (Å²) in [5.41, 5.74) is 6.61. The summed E-state index contributed by atoms with van der Waals surface area (Å²) in [6.45, 7) is 4.06. The molecule has 2 rings (SSSR count). The molecule has 0 spiro atoms. The van der Waals surface area contributed by atoms with E-state index in [1.165, 1.54) is 6.07 Å². The summed E-state index contributed by atoms with van der Waals surface area (Å²) < 4.78 is 0. The number of hydrogen-bond acceptors (Lipinski definition) is 3. The van der Waals surface area contributed by atoms with E-state index in [9.17, 15) is 4.79 Å². The summed E-state index contributed by atoms with van der Waals surface area (Å²) in [5, 5.41) is 0. The molecule has 1 aliphatic carbocycles. The van der Waals surface area contributed by atoms with E-state index < -0.39 is 0 Å². The minimum atomic E-state index is -0.148. The first-order valence-electron chi connectivity index (χ1n) is 5.44. The zero-order valence-corrected chi connectivity index (χ0v) is 9.16. The van der Waals surface area contributed by atoms with Crippen molar-refractivity contribution in [3.05, 3.63) is 27.9 Å². The second kappa shape index (κ2) is 3.77. The van der Waals surface area contributed by atoms with Gasteiger partial charge >= 0.3 is 0 Å². The number of nitrogens with zero attached hydrogens (tertiary/aromatic N) is 1. The van der Waals surface area contributed by atoms with Crippen LogP contribution in [0.1, 0.15) is 50.2 Å². The molecular weight excluding hydrogens is 190 g/mol. The summed E-state index contributed by atoms with van der Waals surface area (Å²) in [4.78, 5) is 18.6. The molecule has 1 aromatic rings. The van der Waals surface area contributed by atoms with Gasteiger partial charge in [0.05, 0.1) is 5.69 Å². The first-order chi connectivity index (χ1) is 7.08. The third-order valence-electron chi connectivity index (χ3n) is 2.80. The van der Waals surface area contributed by atoms with E-state index in [0.717, 1.165) is 24.4 Å². The van der Waals surface area contributed by atoms with E-state index in [1.807, 2.05) is 13.8 Å². The monoisotopic (exact) mass is 207 g/mol. The number of H-pyrrole nitrogens is 1. The van der Waals surface area contributed by atoms with Crippen LogP contribution in [0, 0.1) is 5.92 Å². The van der Waals surface area contributed by atoms with Gasteiger partial charge in [0.15, 0.2) is 0 Å². The average molecular weight is 207 g/mol. The van der Waals surface area contributed by atoms with Gasteiger partial charge in [0.2, 0.25) is 0 Å². The summed E-state index contributed by atoms with van der Waals surface area (Å²) >= 11 is 0. The average Bonchev–Trinajstić information content (AvgIpc) is 2.98. The Morgan fingerprint density at radius 2 is 2.20 bits per heavy atom. The van der Waals surface area contributed by atoms with E-state index in [4.69, 9.17) is 5.73 Å². The number of hydrogen-bond donors (Lipinski definition) is 2. The smallest absolute Gasteiger partial charge is 0.251 e. The molecule has 4 heteroatoms. The van der Waals surface area contributed by atoms with Crippen LogP contribution in [-0.4, -0.2) is 9.97 Å². The van der Waals surface area contributed by atoms with Crippen molar-refractivity contribution in [2.45, 2.75) is 38.6 Å². The Morgan fingerprint density at radius 1 is 1.53 bits per heavy atom. The molecule has 82 valence electrons. The zero-order chi connectivity index (χ0) is 11.0. The third kappa shape index (κ3) is 2.26. The van der Waals surface area contributed by atoms with Crippen LogP contribution in [0.3, 0.4) is 0 Å². The number of nitrogens with one attached hydrogen (secondary N) is 1. The van der Waals surface area contributed by atoms with Crippen LogP contribution in [-0.2, 0) is 0 Å². The number of aromatic amines is 1. The largest absolute Gasteiger partial charge is 0.322 e. The molecule has 1 aliphatic rings. The van der Waals surface area contributed by atoms with Gasteiger partial charge in [0.1, 0.15) is 5.82 Å². The molecule has 0 aromatic carbocycles. The Labute approximate surface area is 88.9 Å². The second-order valence-corrected chi connectivity index (χ2v) is 4.60. The highest BCUT2D eigenvalue weighted by atomic mass is 16.1. The molecule has 1 aromatic heterocycles. The van der Waals surface area contributed by atoms with Crippen LogP contribution < -0.4 is 11.3 Å². The van der Waals surface area contributed by atoms with Crippen molar-refractivity contribution >= 4 is 0 Å². The van der Waals surface area contributed by atoms with Crippen molar-refractivity contribution < 1.29 is 0 Å². The van der Waals surface area contributed by atoms with Gasteiger partial charge in [0.25, 0.3) is 5.56 Å². The molecule has 0 radical (unpaired) electrons. The fourth-order valence-corrected chi connectivity index (χ4v) is 1.56. The van der Waals surface area contributed by atoms with Crippen molar-refractivity contribution in [1.29, 1.82) is 0 Å². The Bertz CT molecular complexity index is 407. The molecule has 0 amide bonds. The van der Waals surface area contributed by atoms with E-state index in [0.29, 0.717) is 11.8 Å². The van der Waals surface area contributed by atoms with E-state index in [-0.39, 0.29) is 11.6 Å². The van der Waals surface area contributed by atoms with Gasteiger partial charge < -0.3 is 10.7 Å². The number of nitrogens with two attached hydrogens (primary N) is 1. The normalized spacial score (nSPS) is 18.1. The predicted molar refractivity (Wildman–Crippen MR) is 58.6 cm³/mol. The number of rotatable bonds is 3. The van der Waals surface area contributed by atoms with E-state index >= 15 is 0 Å². The van der Waals surface area contributed by atoms with Crippen LogP contribution in [0.5, 0.6) is 0 Å². The van der Waals surface area contributed by atoms with Gasteiger partial charge in [-0.15, -0.1) is 0 Å². The third-order valence-corrected chi connectivity index (χ3v) is 2.80. The maximum atomic E-state index is 11.4. The van der Waals surface area contributed by atoms with Crippen LogP contribution in [0.25, 0.3) is 0 Å². The lowest BCUT2D eigenvalue weighted by atomic mass is 10.0.